The van der Waals surface area contributed by atoms with Crippen molar-refractivity contribution in [1.82, 2.24) is 0 Å². The second-order valence-electron chi connectivity index (χ2n) is 10.7. The maximum absolute atomic E-state index is 13.2. The Labute approximate surface area is 190 Å². The van der Waals surface area contributed by atoms with Crippen LogP contribution in [0.25, 0.3) is 0 Å². The van der Waals surface area contributed by atoms with Crippen molar-refractivity contribution < 1.29 is 24.2 Å². The minimum atomic E-state index is -1.20. The molecule has 4 rings (SSSR count). The third-order valence-electron chi connectivity index (χ3n) is 9.35. The highest BCUT2D eigenvalue weighted by Gasteiger charge is 2.70. The maximum atomic E-state index is 13.2. The summed E-state index contributed by atoms with van der Waals surface area (Å²) in [5.74, 6) is 0.289. The number of Topliss-reactive ketones (excluding diaryl/α,β-unsaturated/α-hetero) is 1. The number of allylic oxidation sites excluding steroid dienone is 1. The summed E-state index contributed by atoms with van der Waals surface area (Å²) in [6.45, 7) is 6.20. The van der Waals surface area contributed by atoms with Crippen molar-refractivity contribution in [2.45, 2.75) is 90.3 Å². The van der Waals surface area contributed by atoms with Gasteiger partial charge < -0.3 is 9.84 Å². The summed E-state index contributed by atoms with van der Waals surface area (Å²) in [5.41, 5.74) is -0.775. The fraction of sp³-hybridized carbons (Fsp3) is 0.800. The van der Waals surface area contributed by atoms with Crippen LogP contribution in [-0.2, 0) is 19.1 Å². The van der Waals surface area contributed by atoms with Gasteiger partial charge in [0.25, 0.3) is 0 Å². The van der Waals surface area contributed by atoms with Gasteiger partial charge in [0.2, 0.25) is 0 Å². The Hall–Kier alpha value is -1.14. The van der Waals surface area contributed by atoms with Crippen LogP contribution in [0.15, 0.2) is 11.6 Å². The Morgan fingerprint density at radius 3 is 2.65 bits per heavy atom. The van der Waals surface area contributed by atoms with Gasteiger partial charge in [-0.2, -0.15) is 12.6 Å². The number of carbonyl (C=O) groups excluding carboxylic acids is 3. The van der Waals surface area contributed by atoms with Crippen LogP contribution in [0.5, 0.6) is 0 Å². The molecular weight excluding hydrogens is 412 g/mol. The zero-order valence-electron chi connectivity index (χ0n) is 19.0. The number of hydrogen-bond acceptors (Lipinski definition) is 6. The van der Waals surface area contributed by atoms with Gasteiger partial charge in [0.1, 0.15) is 0 Å². The van der Waals surface area contributed by atoms with Crippen LogP contribution >= 0.6 is 12.6 Å². The van der Waals surface area contributed by atoms with Crippen LogP contribution in [0.2, 0.25) is 0 Å². The number of carbonyl (C=O) groups is 3. The minimum Gasteiger partial charge on any atom is -0.450 e. The van der Waals surface area contributed by atoms with Gasteiger partial charge in [-0.1, -0.05) is 26.3 Å². The molecule has 0 radical (unpaired) electrons. The van der Waals surface area contributed by atoms with Gasteiger partial charge in [0, 0.05) is 18.3 Å². The van der Waals surface area contributed by atoms with Crippen molar-refractivity contribution in [3.05, 3.63) is 11.6 Å². The van der Waals surface area contributed by atoms with Crippen molar-refractivity contribution in [1.29, 1.82) is 0 Å². The highest BCUT2D eigenvalue weighted by Crippen LogP contribution is 2.68. The lowest BCUT2D eigenvalue weighted by molar-refractivity contribution is -0.200. The number of thiol groups is 1. The number of aliphatic hydroxyl groups excluding tert-OH is 1. The minimum absolute atomic E-state index is 0.0264. The first-order valence-electron chi connectivity index (χ1n) is 11.9. The topological polar surface area (TPSA) is 80.7 Å². The van der Waals surface area contributed by atoms with Crippen LogP contribution in [0.1, 0.15) is 78.6 Å². The summed E-state index contributed by atoms with van der Waals surface area (Å²) in [6.07, 6.45) is 7.06. The second-order valence-corrected chi connectivity index (χ2v) is 11.1. The molecule has 0 aliphatic heterocycles. The maximum Gasteiger partial charge on any atom is 0.306 e. The number of fused-ring (bicyclic) bond motifs is 5. The van der Waals surface area contributed by atoms with E-state index >= 15 is 0 Å². The van der Waals surface area contributed by atoms with Gasteiger partial charge in [0.05, 0.1) is 11.9 Å². The lowest BCUT2D eigenvalue weighted by Gasteiger charge is -2.60. The van der Waals surface area contributed by atoms with Crippen molar-refractivity contribution in [2.75, 3.05) is 5.75 Å². The number of esters is 1. The number of hydrogen-bond donors (Lipinski definition) is 2. The zero-order valence-corrected chi connectivity index (χ0v) is 19.9. The van der Waals surface area contributed by atoms with Crippen LogP contribution in [0, 0.1) is 28.6 Å². The Bertz CT molecular complexity index is 821. The van der Waals surface area contributed by atoms with E-state index in [-0.39, 0.29) is 52.9 Å². The Balaban J connectivity index is 1.73. The molecule has 6 heteroatoms. The Morgan fingerprint density at radius 2 is 1.97 bits per heavy atom. The highest BCUT2D eigenvalue weighted by molar-refractivity contribution is 7.81. The molecular formula is C25H36O5S. The van der Waals surface area contributed by atoms with E-state index in [4.69, 9.17) is 4.74 Å². The molecule has 4 aliphatic carbocycles. The van der Waals surface area contributed by atoms with Gasteiger partial charge in [0.15, 0.2) is 17.2 Å². The van der Waals surface area contributed by atoms with Gasteiger partial charge in [-0.3, -0.25) is 14.4 Å². The van der Waals surface area contributed by atoms with E-state index in [0.717, 1.165) is 25.7 Å². The molecule has 7 atom stereocenters. The average Bonchev–Trinajstić information content (AvgIpc) is 3.00. The van der Waals surface area contributed by atoms with E-state index in [2.05, 4.69) is 26.5 Å². The van der Waals surface area contributed by atoms with E-state index in [0.29, 0.717) is 25.7 Å². The van der Waals surface area contributed by atoms with E-state index in [1.54, 1.807) is 0 Å². The summed E-state index contributed by atoms with van der Waals surface area (Å²) in [6, 6.07) is 0. The summed E-state index contributed by atoms with van der Waals surface area (Å²) >= 11 is 4.27. The number of rotatable bonds is 5. The third kappa shape index (κ3) is 3.26. The molecule has 5 nitrogen and oxygen atoms in total. The SMILES string of the molecule is CCCC(=O)O[C@]1(C(=O)CS)CCC2C3CCC4=CC(=O)CC[C@]4(C)C3C(O)C[C@@]21C. The van der Waals surface area contributed by atoms with E-state index < -0.39 is 17.1 Å². The van der Waals surface area contributed by atoms with E-state index in [1.807, 2.05) is 13.0 Å². The largest absolute Gasteiger partial charge is 0.450 e. The molecule has 0 spiro atoms. The molecule has 0 aromatic heterocycles. The smallest absolute Gasteiger partial charge is 0.306 e. The Morgan fingerprint density at radius 1 is 1.23 bits per heavy atom. The van der Waals surface area contributed by atoms with Crippen molar-refractivity contribution in [2.24, 2.45) is 28.6 Å². The summed E-state index contributed by atoms with van der Waals surface area (Å²) in [4.78, 5) is 37.9. The summed E-state index contributed by atoms with van der Waals surface area (Å²) in [7, 11) is 0. The quantitative estimate of drug-likeness (QED) is 0.489. The molecule has 0 aromatic rings. The van der Waals surface area contributed by atoms with Crippen LogP contribution in [-0.4, -0.2) is 40.1 Å². The first-order chi connectivity index (χ1) is 14.6. The molecule has 0 bridgehead atoms. The van der Waals surface area contributed by atoms with E-state index in [9.17, 15) is 19.5 Å². The monoisotopic (exact) mass is 448 g/mol. The number of aliphatic hydroxyl groups is 1. The van der Waals surface area contributed by atoms with Gasteiger partial charge in [-0.15, -0.1) is 0 Å². The molecule has 172 valence electrons. The zero-order chi connectivity index (χ0) is 22.6. The molecule has 1 N–H and O–H groups in total. The van der Waals surface area contributed by atoms with Crippen LogP contribution in [0.4, 0.5) is 0 Å². The fourth-order valence-electron chi connectivity index (χ4n) is 7.94. The fourth-order valence-corrected chi connectivity index (χ4v) is 8.19. The molecule has 3 fully saturated rings. The molecule has 31 heavy (non-hydrogen) atoms. The standard InChI is InChI=1S/C25H36O5S/c1-4-5-21(29)30-25(20(28)14-31)11-9-18-17-7-6-15-12-16(26)8-10-23(15,2)22(17)19(27)13-24(18,25)3/h12,17-19,22,27,31H,4-11,13-14H2,1-3H3/t17?,18?,19?,22?,23-,24-,25-/m0/s1. The molecule has 3 saturated carbocycles. The molecule has 4 aliphatic rings. The van der Waals surface area contributed by atoms with Crippen molar-refractivity contribution >= 4 is 30.2 Å². The molecule has 4 unspecified atom stereocenters. The normalized spacial score (nSPS) is 44.0. The first kappa shape index (κ1) is 23.0. The van der Waals surface area contributed by atoms with Gasteiger partial charge >= 0.3 is 5.97 Å². The highest BCUT2D eigenvalue weighted by atomic mass is 32.1. The predicted octanol–water partition coefficient (Wildman–Crippen LogP) is 4.07. The van der Waals surface area contributed by atoms with Gasteiger partial charge in [-0.05, 0) is 74.2 Å². The lowest BCUT2D eigenvalue weighted by atomic mass is 9.45. The number of ether oxygens (including phenoxy) is 1. The summed E-state index contributed by atoms with van der Waals surface area (Å²) < 4.78 is 6.03. The molecule has 0 aromatic carbocycles. The molecule has 0 heterocycles. The molecule has 0 saturated heterocycles. The Kier molecular flexibility index (Phi) is 5.96. The van der Waals surface area contributed by atoms with E-state index in [1.165, 1.54) is 5.57 Å². The molecule has 0 amide bonds. The second kappa shape index (κ2) is 8.02. The third-order valence-corrected chi connectivity index (χ3v) is 9.64. The average molecular weight is 449 g/mol. The summed E-state index contributed by atoms with van der Waals surface area (Å²) in [5, 5.41) is 11.5. The van der Waals surface area contributed by atoms with Crippen LogP contribution < -0.4 is 0 Å². The predicted molar refractivity (Wildman–Crippen MR) is 121 cm³/mol. The van der Waals surface area contributed by atoms with Crippen molar-refractivity contribution in [3.63, 3.8) is 0 Å². The van der Waals surface area contributed by atoms with Crippen LogP contribution in [0.3, 0.4) is 0 Å². The van der Waals surface area contributed by atoms with Crippen molar-refractivity contribution in [3.8, 4) is 0 Å². The van der Waals surface area contributed by atoms with Gasteiger partial charge in [-0.25, -0.2) is 0 Å². The lowest BCUT2D eigenvalue weighted by Crippen LogP contribution is -2.63. The number of ketones is 2. The first-order valence-corrected chi connectivity index (χ1v) is 12.5.